The molecule has 164 valence electrons. The fraction of sp³-hybridized carbons (Fsp3) is 0.208. The number of nitrogens with zero attached hydrogens (tertiary/aromatic N) is 1. The summed E-state index contributed by atoms with van der Waals surface area (Å²) in [6, 6.07) is 17.2. The number of rotatable bonds is 4. The molecule has 0 spiro atoms. The SMILES string of the molecule is COC(=O)c1c(NC(=O)c2ccc(-c3ccccc3)cc2)sc2c1CCN(C(=O)OC)C2. The monoisotopic (exact) mass is 450 g/mol. The molecule has 0 atom stereocenters. The molecule has 0 saturated carbocycles. The maximum Gasteiger partial charge on any atom is 0.409 e. The quantitative estimate of drug-likeness (QED) is 0.588. The molecule has 1 aromatic heterocycles. The lowest BCUT2D eigenvalue weighted by Gasteiger charge is -2.25. The molecular formula is C24H22N2O5S. The first kappa shape index (κ1) is 21.6. The van der Waals surface area contributed by atoms with E-state index in [1.54, 1.807) is 17.0 Å². The van der Waals surface area contributed by atoms with Crippen molar-refractivity contribution in [2.75, 3.05) is 26.1 Å². The second-order valence-corrected chi connectivity index (χ2v) is 8.34. The van der Waals surface area contributed by atoms with E-state index in [9.17, 15) is 14.4 Å². The van der Waals surface area contributed by atoms with E-state index in [1.807, 2.05) is 42.5 Å². The lowest BCUT2D eigenvalue weighted by atomic mass is 10.0. The molecule has 0 fully saturated rings. The van der Waals surface area contributed by atoms with E-state index >= 15 is 0 Å². The molecule has 32 heavy (non-hydrogen) atoms. The van der Waals surface area contributed by atoms with Gasteiger partial charge in [-0.05, 0) is 35.2 Å². The molecule has 2 aromatic carbocycles. The van der Waals surface area contributed by atoms with Crippen molar-refractivity contribution in [2.45, 2.75) is 13.0 Å². The molecule has 1 N–H and O–H groups in total. The van der Waals surface area contributed by atoms with Crippen molar-refractivity contribution < 1.29 is 23.9 Å². The molecule has 4 rings (SSSR count). The van der Waals surface area contributed by atoms with Crippen LogP contribution in [0.2, 0.25) is 0 Å². The summed E-state index contributed by atoms with van der Waals surface area (Å²) < 4.78 is 9.76. The summed E-state index contributed by atoms with van der Waals surface area (Å²) >= 11 is 1.28. The predicted molar refractivity (Wildman–Crippen MR) is 122 cm³/mol. The summed E-state index contributed by atoms with van der Waals surface area (Å²) in [4.78, 5) is 39.7. The van der Waals surface area contributed by atoms with E-state index in [1.165, 1.54) is 25.6 Å². The number of thiophene rings is 1. The van der Waals surface area contributed by atoms with Gasteiger partial charge in [-0.1, -0.05) is 42.5 Å². The van der Waals surface area contributed by atoms with Crippen molar-refractivity contribution in [2.24, 2.45) is 0 Å². The Labute approximate surface area is 189 Å². The molecule has 0 bridgehead atoms. The van der Waals surface area contributed by atoms with Crippen LogP contribution in [0.3, 0.4) is 0 Å². The summed E-state index contributed by atoms with van der Waals surface area (Å²) in [6.07, 6.45) is 0.0558. The Kier molecular flexibility index (Phi) is 6.23. The minimum absolute atomic E-state index is 0.318. The van der Waals surface area contributed by atoms with Gasteiger partial charge in [-0.2, -0.15) is 0 Å². The van der Waals surface area contributed by atoms with E-state index < -0.39 is 12.1 Å². The molecule has 8 heteroatoms. The largest absolute Gasteiger partial charge is 0.465 e. The standard InChI is InChI=1S/C24H22N2O5S/c1-30-23(28)20-18-12-13-26(24(29)31-2)14-19(18)32-22(20)25-21(27)17-10-8-16(9-11-17)15-6-4-3-5-7-15/h3-11H,12-14H2,1-2H3,(H,25,27). The van der Waals surface area contributed by atoms with Gasteiger partial charge in [0.05, 0.1) is 26.3 Å². The molecule has 0 radical (unpaired) electrons. The average molecular weight is 451 g/mol. The van der Waals surface area contributed by atoms with Crippen molar-refractivity contribution >= 4 is 34.3 Å². The van der Waals surface area contributed by atoms with Gasteiger partial charge in [0.25, 0.3) is 5.91 Å². The zero-order chi connectivity index (χ0) is 22.7. The topological polar surface area (TPSA) is 84.9 Å². The van der Waals surface area contributed by atoms with E-state index in [2.05, 4.69) is 5.32 Å². The Balaban J connectivity index is 1.58. The molecule has 2 heterocycles. The van der Waals surface area contributed by atoms with E-state index in [0.717, 1.165) is 21.6 Å². The fourth-order valence-corrected chi connectivity index (χ4v) is 4.96. The summed E-state index contributed by atoms with van der Waals surface area (Å²) in [6.45, 7) is 0.743. The van der Waals surface area contributed by atoms with Crippen LogP contribution in [0, 0.1) is 0 Å². The number of amides is 2. The molecule has 2 amide bonds. The number of fused-ring (bicyclic) bond motifs is 1. The molecule has 1 aliphatic heterocycles. The number of benzene rings is 2. The van der Waals surface area contributed by atoms with Crippen molar-refractivity contribution in [1.82, 2.24) is 4.90 Å². The third-order valence-corrected chi connectivity index (χ3v) is 6.49. The van der Waals surface area contributed by atoms with Gasteiger partial charge in [0, 0.05) is 17.0 Å². The van der Waals surface area contributed by atoms with Gasteiger partial charge < -0.3 is 19.7 Å². The lowest BCUT2D eigenvalue weighted by molar-refractivity contribution is 0.0600. The minimum Gasteiger partial charge on any atom is -0.465 e. The first-order valence-electron chi connectivity index (χ1n) is 10.0. The third kappa shape index (κ3) is 4.22. The van der Waals surface area contributed by atoms with Gasteiger partial charge in [0.15, 0.2) is 0 Å². The van der Waals surface area contributed by atoms with Crippen LogP contribution in [0.15, 0.2) is 54.6 Å². The third-order valence-electron chi connectivity index (χ3n) is 5.36. The van der Waals surface area contributed by atoms with E-state index in [4.69, 9.17) is 9.47 Å². The Hall–Kier alpha value is -3.65. The fourth-order valence-electron chi connectivity index (χ4n) is 3.71. The number of carbonyl (C=O) groups is 3. The van der Waals surface area contributed by atoms with E-state index in [0.29, 0.717) is 35.6 Å². The highest BCUT2D eigenvalue weighted by Gasteiger charge is 2.31. The Morgan fingerprint density at radius 3 is 2.28 bits per heavy atom. The Morgan fingerprint density at radius 1 is 0.938 bits per heavy atom. The molecule has 0 unspecified atom stereocenters. The van der Waals surface area contributed by atoms with Gasteiger partial charge in [-0.25, -0.2) is 9.59 Å². The van der Waals surface area contributed by atoms with Gasteiger partial charge in [0.1, 0.15) is 5.00 Å². The van der Waals surface area contributed by atoms with Crippen LogP contribution in [0.25, 0.3) is 11.1 Å². The van der Waals surface area contributed by atoms with Gasteiger partial charge >= 0.3 is 12.1 Å². The zero-order valence-corrected chi connectivity index (χ0v) is 18.5. The maximum absolute atomic E-state index is 12.9. The second kappa shape index (κ2) is 9.23. The van der Waals surface area contributed by atoms with Crippen molar-refractivity contribution in [3.8, 4) is 11.1 Å². The minimum atomic E-state index is -0.510. The number of hydrogen-bond donors (Lipinski definition) is 1. The van der Waals surface area contributed by atoms with Gasteiger partial charge in [0.2, 0.25) is 0 Å². The smallest absolute Gasteiger partial charge is 0.409 e. The highest BCUT2D eigenvalue weighted by molar-refractivity contribution is 7.17. The number of nitrogens with one attached hydrogen (secondary N) is 1. The summed E-state index contributed by atoms with van der Waals surface area (Å²) in [5, 5.41) is 3.28. The van der Waals surface area contributed by atoms with Gasteiger partial charge in [-0.15, -0.1) is 11.3 Å². The normalized spacial score (nSPS) is 12.6. The van der Waals surface area contributed by atoms with Crippen LogP contribution < -0.4 is 5.32 Å². The van der Waals surface area contributed by atoms with Crippen LogP contribution in [0.4, 0.5) is 9.80 Å². The van der Waals surface area contributed by atoms with Crippen LogP contribution in [-0.2, 0) is 22.4 Å². The van der Waals surface area contributed by atoms with Gasteiger partial charge in [-0.3, -0.25) is 4.79 Å². The summed E-state index contributed by atoms with van der Waals surface area (Å²) in [7, 11) is 2.64. The lowest BCUT2D eigenvalue weighted by Crippen LogP contribution is -2.35. The number of anilines is 1. The average Bonchev–Trinajstić information content (AvgIpc) is 3.20. The Morgan fingerprint density at radius 2 is 1.62 bits per heavy atom. The second-order valence-electron chi connectivity index (χ2n) is 7.24. The number of methoxy groups -OCH3 is 2. The summed E-state index contributed by atoms with van der Waals surface area (Å²) in [5.74, 6) is -0.832. The first-order chi connectivity index (χ1) is 15.5. The maximum atomic E-state index is 12.9. The first-order valence-corrected chi connectivity index (χ1v) is 10.9. The van der Waals surface area contributed by atoms with Crippen LogP contribution in [0.1, 0.15) is 31.2 Å². The number of esters is 1. The molecule has 0 aliphatic carbocycles. The molecule has 1 aliphatic rings. The van der Waals surface area contributed by atoms with Crippen LogP contribution >= 0.6 is 11.3 Å². The number of hydrogen-bond acceptors (Lipinski definition) is 6. The highest BCUT2D eigenvalue weighted by atomic mass is 32.1. The number of carbonyl (C=O) groups excluding carboxylic acids is 3. The predicted octanol–water partition coefficient (Wildman–Crippen LogP) is 4.58. The van der Waals surface area contributed by atoms with E-state index in [-0.39, 0.29) is 5.91 Å². The van der Waals surface area contributed by atoms with Crippen molar-refractivity contribution in [1.29, 1.82) is 0 Å². The molecular weight excluding hydrogens is 428 g/mol. The summed E-state index contributed by atoms with van der Waals surface area (Å²) in [5.41, 5.74) is 3.70. The highest BCUT2D eigenvalue weighted by Crippen LogP contribution is 2.38. The Bertz CT molecular complexity index is 1160. The molecule has 0 saturated heterocycles. The number of ether oxygens (including phenoxy) is 2. The van der Waals surface area contributed by atoms with Crippen molar-refractivity contribution in [3.63, 3.8) is 0 Å². The van der Waals surface area contributed by atoms with Crippen LogP contribution in [-0.4, -0.2) is 43.6 Å². The van der Waals surface area contributed by atoms with Crippen molar-refractivity contribution in [3.05, 3.63) is 76.2 Å². The van der Waals surface area contributed by atoms with Crippen LogP contribution in [0.5, 0.6) is 0 Å². The zero-order valence-electron chi connectivity index (χ0n) is 17.7. The molecule has 7 nitrogen and oxygen atoms in total. The molecule has 3 aromatic rings.